The first-order valence-corrected chi connectivity index (χ1v) is 12.1. The molecule has 1 aromatic heterocycles. The van der Waals surface area contributed by atoms with Crippen LogP contribution in [-0.2, 0) is 10.0 Å². The fourth-order valence-corrected chi connectivity index (χ4v) is 5.24. The second-order valence-corrected chi connectivity index (χ2v) is 9.98. The van der Waals surface area contributed by atoms with E-state index in [1.807, 2.05) is 17.9 Å². The van der Waals surface area contributed by atoms with Crippen molar-refractivity contribution in [1.82, 2.24) is 10.1 Å². The zero-order chi connectivity index (χ0) is 23.8. The van der Waals surface area contributed by atoms with Crippen LogP contribution in [0.3, 0.4) is 0 Å². The zero-order valence-electron chi connectivity index (χ0n) is 18.6. The van der Waals surface area contributed by atoms with Gasteiger partial charge in [0.05, 0.1) is 21.4 Å². The van der Waals surface area contributed by atoms with Crippen LogP contribution in [0, 0.1) is 30.9 Å². The monoisotopic (exact) mass is 471 g/mol. The molecule has 3 aromatic rings. The van der Waals surface area contributed by atoms with E-state index in [4.69, 9.17) is 4.52 Å². The van der Waals surface area contributed by atoms with Gasteiger partial charge < -0.3 is 9.42 Å². The van der Waals surface area contributed by atoms with Crippen LogP contribution < -0.4 is 9.62 Å². The second-order valence-electron chi connectivity index (χ2n) is 8.30. The van der Waals surface area contributed by atoms with Gasteiger partial charge in [0.25, 0.3) is 15.7 Å². The number of aromatic nitrogens is 2. The molecule has 0 radical (unpaired) electrons. The SMILES string of the molecule is Cc1ccc(NS(=O)(=O)c2ccc(N3CCC[C@H](c4nc(C)no4)C3)c([N+](=O)[O-])c2)c(C)c1. The van der Waals surface area contributed by atoms with E-state index < -0.39 is 14.9 Å². The number of sulfonamides is 1. The van der Waals surface area contributed by atoms with E-state index in [1.54, 1.807) is 26.0 Å². The smallest absolute Gasteiger partial charge is 0.293 e. The lowest BCUT2D eigenvalue weighted by atomic mass is 9.97. The molecule has 0 bridgehead atoms. The first-order valence-electron chi connectivity index (χ1n) is 10.6. The summed E-state index contributed by atoms with van der Waals surface area (Å²) in [5, 5.41) is 15.7. The van der Waals surface area contributed by atoms with Crippen molar-refractivity contribution >= 4 is 27.1 Å². The molecule has 2 heterocycles. The van der Waals surface area contributed by atoms with Gasteiger partial charge in [-0.3, -0.25) is 14.8 Å². The van der Waals surface area contributed by atoms with E-state index in [1.165, 1.54) is 12.1 Å². The zero-order valence-corrected chi connectivity index (χ0v) is 19.4. The lowest BCUT2D eigenvalue weighted by Crippen LogP contribution is -2.35. The maximum absolute atomic E-state index is 13.0. The van der Waals surface area contributed by atoms with E-state index in [-0.39, 0.29) is 16.5 Å². The number of hydrogen-bond donors (Lipinski definition) is 1. The fraction of sp³-hybridized carbons (Fsp3) is 0.364. The van der Waals surface area contributed by atoms with Crippen molar-refractivity contribution in [3.8, 4) is 0 Å². The Labute approximate surface area is 191 Å². The Balaban J connectivity index is 1.63. The number of hydrogen-bond acceptors (Lipinski definition) is 8. The number of nitrogens with one attached hydrogen (secondary N) is 1. The van der Waals surface area contributed by atoms with Crippen molar-refractivity contribution in [3.05, 3.63) is 69.4 Å². The van der Waals surface area contributed by atoms with Crippen LogP contribution in [0.4, 0.5) is 17.1 Å². The summed E-state index contributed by atoms with van der Waals surface area (Å²) in [7, 11) is -4.01. The Hall–Kier alpha value is -3.47. The molecule has 0 saturated carbocycles. The Bertz CT molecular complexity index is 1300. The topological polar surface area (TPSA) is 131 Å². The first kappa shape index (κ1) is 22.7. The number of nitro benzene ring substituents is 1. The molecule has 1 aliphatic rings. The summed E-state index contributed by atoms with van der Waals surface area (Å²) in [4.78, 5) is 17.3. The third-order valence-electron chi connectivity index (χ3n) is 5.73. The quantitative estimate of drug-likeness (QED) is 0.420. The number of anilines is 2. The molecule has 1 saturated heterocycles. The Kier molecular flexibility index (Phi) is 6.07. The summed E-state index contributed by atoms with van der Waals surface area (Å²) in [5.74, 6) is 1.00. The van der Waals surface area contributed by atoms with Crippen molar-refractivity contribution < 1.29 is 17.9 Å². The molecule has 1 atom stereocenters. The van der Waals surface area contributed by atoms with Gasteiger partial charge in [0.15, 0.2) is 5.82 Å². The third-order valence-corrected chi connectivity index (χ3v) is 7.10. The van der Waals surface area contributed by atoms with Gasteiger partial charge in [0, 0.05) is 19.2 Å². The Morgan fingerprint density at radius 2 is 1.97 bits per heavy atom. The highest BCUT2D eigenvalue weighted by atomic mass is 32.2. The van der Waals surface area contributed by atoms with E-state index >= 15 is 0 Å². The van der Waals surface area contributed by atoms with Crippen molar-refractivity contribution in [1.29, 1.82) is 0 Å². The minimum atomic E-state index is -4.01. The summed E-state index contributed by atoms with van der Waals surface area (Å²) in [5.41, 5.74) is 2.31. The highest BCUT2D eigenvalue weighted by Gasteiger charge is 2.30. The molecule has 33 heavy (non-hydrogen) atoms. The molecular weight excluding hydrogens is 446 g/mol. The number of aryl methyl sites for hydroxylation is 3. The van der Waals surface area contributed by atoms with Gasteiger partial charge in [-0.05, 0) is 57.4 Å². The normalized spacial score (nSPS) is 16.6. The molecule has 0 amide bonds. The largest absolute Gasteiger partial charge is 0.365 e. The van der Waals surface area contributed by atoms with Gasteiger partial charge in [-0.1, -0.05) is 22.9 Å². The summed E-state index contributed by atoms with van der Waals surface area (Å²) < 4.78 is 33.8. The van der Waals surface area contributed by atoms with Gasteiger partial charge >= 0.3 is 0 Å². The molecule has 2 aromatic carbocycles. The lowest BCUT2D eigenvalue weighted by Gasteiger charge is -2.32. The summed E-state index contributed by atoms with van der Waals surface area (Å²) in [6.45, 7) is 6.53. The highest BCUT2D eigenvalue weighted by molar-refractivity contribution is 7.92. The van der Waals surface area contributed by atoms with Crippen LogP contribution in [0.15, 0.2) is 45.8 Å². The Morgan fingerprint density at radius 1 is 1.18 bits per heavy atom. The molecule has 11 heteroatoms. The predicted octanol–water partition coefficient (Wildman–Crippen LogP) is 4.09. The first-order chi connectivity index (χ1) is 15.6. The maximum Gasteiger partial charge on any atom is 0.293 e. The van der Waals surface area contributed by atoms with E-state index in [2.05, 4.69) is 14.9 Å². The van der Waals surface area contributed by atoms with Gasteiger partial charge in [0.2, 0.25) is 5.89 Å². The second kappa shape index (κ2) is 8.81. The summed E-state index contributed by atoms with van der Waals surface area (Å²) >= 11 is 0. The minimum Gasteiger partial charge on any atom is -0.365 e. The molecule has 0 aliphatic carbocycles. The fourth-order valence-electron chi connectivity index (χ4n) is 4.09. The molecule has 174 valence electrons. The van der Waals surface area contributed by atoms with Crippen LogP contribution in [0.25, 0.3) is 0 Å². The molecule has 4 rings (SSSR count). The molecule has 1 N–H and O–H groups in total. The van der Waals surface area contributed by atoms with Crippen LogP contribution in [0.2, 0.25) is 0 Å². The van der Waals surface area contributed by atoms with E-state index in [0.29, 0.717) is 36.2 Å². The van der Waals surface area contributed by atoms with Crippen molar-refractivity contribution in [2.45, 2.75) is 44.4 Å². The number of nitrogens with zero attached hydrogens (tertiary/aromatic N) is 4. The Morgan fingerprint density at radius 3 is 2.64 bits per heavy atom. The molecule has 0 unspecified atom stereocenters. The van der Waals surface area contributed by atoms with Crippen molar-refractivity contribution in [2.75, 3.05) is 22.7 Å². The molecular formula is C22H25N5O5S. The predicted molar refractivity (Wildman–Crippen MR) is 123 cm³/mol. The van der Waals surface area contributed by atoms with E-state index in [0.717, 1.165) is 30.0 Å². The number of piperidine rings is 1. The van der Waals surface area contributed by atoms with Gasteiger partial charge in [0.1, 0.15) is 5.69 Å². The third kappa shape index (κ3) is 4.82. The number of rotatable bonds is 6. The average molecular weight is 472 g/mol. The van der Waals surface area contributed by atoms with Crippen LogP contribution >= 0.6 is 0 Å². The lowest BCUT2D eigenvalue weighted by molar-refractivity contribution is -0.384. The number of benzene rings is 2. The molecule has 1 aliphatic heterocycles. The standard InChI is InChI=1S/C22H25N5O5S/c1-14-6-8-19(15(2)11-14)25-33(30,31)18-7-9-20(21(12-18)27(28)29)26-10-4-5-17(13-26)22-23-16(3)24-32-22/h6-9,11-12,17,25H,4-5,10,13H2,1-3H3/t17-/m0/s1. The van der Waals surface area contributed by atoms with Gasteiger partial charge in [-0.25, -0.2) is 8.42 Å². The van der Waals surface area contributed by atoms with Gasteiger partial charge in [-0.2, -0.15) is 4.98 Å². The maximum atomic E-state index is 13.0. The van der Waals surface area contributed by atoms with Crippen molar-refractivity contribution in [3.63, 3.8) is 0 Å². The summed E-state index contributed by atoms with van der Waals surface area (Å²) in [6, 6.07) is 9.35. The van der Waals surface area contributed by atoms with Crippen LogP contribution in [-0.4, -0.2) is 36.6 Å². The van der Waals surface area contributed by atoms with Crippen LogP contribution in [0.5, 0.6) is 0 Å². The number of nitro groups is 1. The van der Waals surface area contributed by atoms with E-state index in [9.17, 15) is 18.5 Å². The average Bonchev–Trinajstić information content (AvgIpc) is 3.21. The molecule has 0 spiro atoms. The van der Waals surface area contributed by atoms with Crippen LogP contribution in [0.1, 0.15) is 41.6 Å². The van der Waals surface area contributed by atoms with Crippen molar-refractivity contribution in [2.24, 2.45) is 0 Å². The molecule has 1 fully saturated rings. The van der Waals surface area contributed by atoms with Gasteiger partial charge in [-0.15, -0.1) is 0 Å². The molecule has 10 nitrogen and oxygen atoms in total. The highest BCUT2D eigenvalue weighted by Crippen LogP contribution is 2.36. The minimum absolute atomic E-state index is 0.0471. The summed E-state index contributed by atoms with van der Waals surface area (Å²) in [6.07, 6.45) is 1.62.